The topological polar surface area (TPSA) is 90.2 Å². The van der Waals surface area contributed by atoms with Gasteiger partial charge in [-0.15, -0.1) is 0 Å². The van der Waals surface area contributed by atoms with Crippen LogP contribution < -0.4 is 4.74 Å². The summed E-state index contributed by atoms with van der Waals surface area (Å²) in [6.07, 6.45) is -0.852. The average Bonchev–Trinajstić information content (AvgIpc) is 2.45. The number of hydrogen-bond donors (Lipinski definition) is 4. The van der Waals surface area contributed by atoms with Crippen molar-refractivity contribution in [1.82, 2.24) is 0 Å². The molecule has 0 aliphatic carbocycles. The van der Waals surface area contributed by atoms with E-state index >= 15 is 0 Å². The van der Waals surface area contributed by atoms with Crippen LogP contribution in [0.15, 0.2) is 36.4 Å². The van der Waals surface area contributed by atoms with Gasteiger partial charge in [-0.1, -0.05) is 12.1 Å². The van der Waals surface area contributed by atoms with Crippen LogP contribution in [0.1, 0.15) is 23.1 Å². The van der Waals surface area contributed by atoms with Crippen LogP contribution >= 0.6 is 0 Å². The second-order valence-corrected chi connectivity index (χ2v) is 4.81. The minimum absolute atomic E-state index is 0.118. The van der Waals surface area contributed by atoms with Gasteiger partial charge in [0.15, 0.2) is 11.5 Å². The molecule has 1 aliphatic heterocycles. The van der Waals surface area contributed by atoms with E-state index in [0.717, 1.165) is 5.56 Å². The van der Waals surface area contributed by atoms with Crippen molar-refractivity contribution in [3.63, 3.8) is 0 Å². The zero-order valence-corrected chi connectivity index (χ0v) is 10.5. The van der Waals surface area contributed by atoms with Crippen LogP contribution in [0.4, 0.5) is 0 Å². The smallest absolute Gasteiger partial charge is 0.200 e. The maximum atomic E-state index is 10.4. The van der Waals surface area contributed by atoms with Crippen molar-refractivity contribution < 1.29 is 25.2 Å². The maximum absolute atomic E-state index is 10.4. The molecule has 2 atom stereocenters. The summed E-state index contributed by atoms with van der Waals surface area (Å²) < 4.78 is 5.47. The number of phenols is 3. The molecule has 1 aliphatic rings. The fourth-order valence-electron chi connectivity index (χ4n) is 2.44. The third-order valence-corrected chi connectivity index (χ3v) is 3.57. The Hall–Kier alpha value is -2.40. The van der Waals surface area contributed by atoms with Crippen molar-refractivity contribution in [2.45, 2.75) is 12.0 Å². The Balaban J connectivity index is 1.99. The number of phenolic OH excluding ortho intramolecular Hbond substituents is 3. The highest BCUT2D eigenvalue weighted by molar-refractivity contribution is 5.56. The van der Waals surface area contributed by atoms with Crippen LogP contribution in [-0.2, 0) is 0 Å². The molecule has 0 saturated heterocycles. The minimum atomic E-state index is -0.852. The van der Waals surface area contributed by atoms with Gasteiger partial charge in [-0.3, -0.25) is 0 Å². The van der Waals surface area contributed by atoms with Crippen molar-refractivity contribution in [1.29, 1.82) is 0 Å². The lowest BCUT2D eigenvalue weighted by atomic mass is 9.87. The predicted octanol–water partition coefficient (Wildman–Crippen LogP) is 2.01. The second-order valence-electron chi connectivity index (χ2n) is 4.81. The normalized spacial score (nSPS) is 21.1. The second kappa shape index (κ2) is 4.61. The molecule has 0 saturated carbocycles. The molecule has 20 heavy (non-hydrogen) atoms. The summed E-state index contributed by atoms with van der Waals surface area (Å²) in [6.45, 7) is 0.177. The van der Waals surface area contributed by atoms with Crippen molar-refractivity contribution in [3.05, 3.63) is 47.5 Å². The van der Waals surface area contributed by atoms with E-state index in [1.165, 1.54) is 12.1 Å². The number of benzene rings is 2. The third-order valence-electron chi connectivity index (χ3n) is 3.57. The van der Waals surface area contributed by atoms with Gasteiger partial charge in [0.25, 0.3) is 0 Å². The Morgan fingerprint density at radius 1 is 0.950 bits per heavy atom. The SMILES string of the molecule is Oc1ccc(C2COc3c(ccc(O)c3O)[C@@H]2O)cc1. The molecule has 0 aromatic heterocycles. The Bertz CT molecular complexity index is 635. The number of ether oxygens (including phenoxy) is 1. The highest BCUT2D eigenvalue weighted by Crippen LogP contribution is 2.47. The van der Waals surface area contributed by atoms with Gasteiger partial charge in [0.05, 0.1) is 12.7 Å². The summed E-state index contributed by atoms with van der Waals surface area (Å²) in [7, 11) is 0. The van der Waals surface area contributed by atoms with Crippen LogP contribution in [0.25, 0.3) is 0 Å². The van der Waals surface area contributed by atoms with E-state index in [2.05, 4.69) is 0 Å². The van der Waals surface area contributed by atoms with E-state index < -0.39 is 6.10 Å². The molecule has 0 radical (unpaired) electrons. The first-order valence-corrected chi connectivity index (χ1v) is 6.22. The Morgan fingerprint density at radius 2 is 1.65 bits per heavy atom. The van der Waals surface area contributed by atoms with E-state index in [9.17, 15) is 20.4 Å². The molecule has 5 nitrogen and oxygen atoms in total. The van der Waals surface area contributed by atoms with Gasteiger partial charge in [0.2, 0.25) is 5.75 Å². The molecular weight excluding hydrogens is 260 g/mol. The molecule has 3 rings (SSSR count). The van der Waals surface area contributed by atoms with E-state index in [0.29, 0.717) is 5.56 Å². The summed E-state index contributed by atoms with van der Waals surface area (Å²) in [5, 5.41) is 38.9. The number of fused-ring (bicyclic) bond motifs is 1. The van der Waals surface area contributed by atoms with Crippen LogP contribution in [0.2, 0.25) is 0 Å². The zero-order valence-electron chi connectivity index (χ0n) is 10.5. The highest BCUT2D eigenvalue weighted by atomic mass is 16.5. The van der Waals surface area contributed by atoms with Crippen LogP contribution in [0.3, 0.4) is 0 Å². The van der Waals surface area contributed by atoms with Gasteiger partial charge in [-0.25, -0.2) is 0 Å². The fourth-order valence-corrected chi connectivity index (χ4v) is 2.44. The largest absolute Gasteiger partial charge is 0.508 e. The lowest BCUT2D eigenvalue weighted by Crippen LogP contribution is -2.24. The van der Waals surface area contributed by atoms with Crippen molar-refractivity contribution in [2.75, 3.05) is 6.61 Å². The number of aliphatic hydroxyl groups is 1. The van der Waals surface area contributed by atoms with Crippen LogP contribution in [0, 0.1) is 0 Å². The number of aromatic hydroxyl groups is 3. The minimum Gasteiger partial charge on any atom is -0.508 e. The molecule has 1 unspecified atom stereocenters. The molecule has 104 valence electrons. The Kier molecular flexibility index (Phi) is 2.91. The molecular formula is C15H14O5. The van der Waals surface area contributed by atoms with Crippen LogP contribution in [0.5, 0.6) is 23.0 Å². The monoisotopic (exact) mass is 274 g/mol. The van der Waals surface area contributed by atoms with E-state index in [4.69, 9.17) is 4.74 Å². The Labute approximate surface area is 115 Å². The summed E-state index contributed by atoms with van der Waals surface area (Å²) in [5.41, 5.74) is 1.26. The number of rotatable bonds is 1. The van der Waals surface area contributed by atoms with Gasteiger partial charge in [-0.2, -0.15) is 0 Å². The first-order chi connectivity index (χ1) is 9.58. The molecule has 4 N–H and O–H groups in total. The maximum Gasteiger partial charge on any atom is 0.200 e. The number of aliphatic hydroxyl groups excluding tert-OH is 1. The van der Waals surface area contributed by atoms with Crippen molar-refractivity contribution in [3.8, 4) is 23.0 Å². The molecule has 2 aromatic rings. The van der Waals surface area contributed by atoms with E-state index in [1.54, 1.807) is 24.3 Å². The first kappa shape index (κ1) is 12.6. The highest BCUT2D eigenvalue weighted by Gasteiger charge is 2.33. The zero-order chi connectivity index (χ0) is 14.3. The van der Waals surface area contributed by atoms with E-state index in [-0.39, 0.29) is 35.5 Å². The number of hydrogen-bond acceptors (Lipinski definition) is 5. The summed E-state index contributed by atoms with van der Waals surface area (Å²) in [4.78, 5) is 0. The molecule has 0 amide bonds. The molecule has 5 heteroatoms. The van der Waals surface area contributed by atoms with E-state index in [1.807, 2.05) is 0 Å². The van der Waals surface area contributed by atoms with Gasteiger partial charge in [0.1, 0.15) is 5.75 Å². The summed E-state index contributed by atoms with van der Waals surface area (Å²) in [6, 6.07) is 9.38. The predicted molar refractivity (Wildman–Crippen MR) is 71.1 cm³/mol. The van der Waals surface area contributed by atoms with Gasteiger partial charge in [-0.05, 0) is 29.8 Å². The summed E-state index contributed by atoms with van der Waals surface area (Å²) >= 11 is 0. The van der Waals surface area contributed by atoms with Gasteiger partial charge < -0.3 is 25.2 Å². The molecule has 0 fully saturated rings. The standard InChI is InChI=1S/C15H14O5/c16-9-3-1-8(2-4-9)11-7-20-15-10(13(11)18)5-6-12(17)14(15)19/h1-6,11,13,16-19H,7H2/t11?,13-/m0/s1. The lowest BCUT2D eigenvalue weighted by molar-refractivity contribution is 0.0864. The van der Waals surface area contributed by atoms with Crippen LogP contribution in [-0.4, -0.2) is 27.0 Å². The fraction of sp³-hybridized carbons (Fsp3) is 0.200. The first-order valence-electron chi connectivity index (χ1n) is 6.22. The average molecular weight is 274 g/mol. The molecule has 0 bridgehead atoms. The lowest BCUT2D eigenvalue weighted by Gasteiger charge is -2.31. The van der Waals surface area contributed by atoms with Gasteiger partial charge >= 0.3 is 0 Å². The third kappa shape index (κ3) is 1.92. The summed E-state index contributed by atoms with van der Waals surface area (Å²) in [5.74, 6) is -0.660. The molecule has 0 spiro atoms. The molecule has 1 heterocycles. The molecule has 2 aromatic carbocycles. The van der Waals surface area contributed by atoms with Gasteiger partial charge in [0, 0.05) is 11.5 Å². The Morgan fingerprint density at radius 3 is 2.35 bits per heavy atom. The quantitative estimate of drug-likeness (QED) is 0.597. The van der Waals surface area contributed by atoms with Crippen molar-refractivity contribution in [2.24, 2.45) is 0 Å². The van der Waals surface area contributed by atoms with Crippen molar-refractivity contribution >= 4 is 0 Å².